The summed E-state index contributed by atoms with van der Waals surface area (Å²) in [6.45, 7) is 0. The summed E-state index contributed by atoms with van der Waals surface area (Å²) in [7, 11) is 4.52. The molecule has 0 aliphatic carbocycles. The van der Waals surface area contributed by atoms with Gasteiger partial charge in [0.05, 0.1) is 48.5 Å². The molecule has 0 aromatic heterocycles. The molecule has 8 heteroatoms. The highest BCUT2D eigenvalue weighted by Crippen LogP contribution is 2.40. The molecule has 2 rings (SSSR count). The molecule has 1 amide bonds. The minimum Gasteiger partial charge on any atom is -0.493 e. The van der Waals surface area contributed by atoms with Gasteiger partial charge >= 0.3 is 0 Å². The summed E-state index contributed by atoms with van der Waals surface area (Å²) < 4.78 is 15.9. The second kappa shape index (κ2) is 8.52. The van der Waals surface area contributed by atoms with E-state index in [1.54, 1.807) is 12.1 Å². The fourth-order valence-electron chi connectivity index (χ4n) is 2.29. The van der Waals surface area contributed by atoms with Crippen LogP contribution in [0.4, 0.5) is 5.69 Å². The maximum absolute atomic E-state index is 12.4. The van der Waals surface area contributed by atoms with Crippen LogP contribution in [-0.2, 0) is 11.2 Å². The quantitative estimate of drug-likeness (QED) is 0.699. The van der Waals surface area contributed by atoms with Crippen LogP contribution in [0.2, 0.25) is 15.1 Å². The SMILES string of the molecule is COc1ccc(CC(=O)Nc2cc(Cl)c(Cl)cc2Cl)c(OC)c1OC. The Morgan fingerprint density at radius 2 is 1.56 bits per heavy atom. The smallest absolute Gasteiger partial charge is 0.228 e. The summed E-state index contributed by atoms with van der Waals surface area (Å²) in [5, 5.41) is 3.60. The first-order valence-electron chi connectivity index (χ1n) is 7.13. The molecule has 0 spiro atoms. The molecule has 0 bridgehead atoms. The zero-order valence-electron chi connectivity index (χ0n) is 13.8. The van der Waals surface area contributed by atoms with E-state index in [0.29, 0.717) is 43.6 Å². The average molecular weight is 405 g/mol. The van der Waals surface area contributed by atoms with E-state index in [1.807, 2.05) is 0 Å². The normalized spacial score (nSPS) is 10.3. The molecular formula is C17H16Cl3NO4. The van der Waals surface area contributed by atoms with Gasteiger partial charge in [0, 0.05) is 5.56 Å². The summed E-state index contributed by atoms with van der Waals surface area (Å²) in [5.41, 5.74) is 1.01. The maximum Gasteiger partial charge on any atom is 0.228 e. The molecule has 5 nitrogen and oxygen atoms in total. The maximum atomic E-state index is 12.4. The van der Waals surface area contributed by atoms with E-state index >= 15 is 0 Å². The number of rotatable bonds is 6. The van der Waals surface area contributed by atoms with Gasteiger partial charge in [0.2, 0.25) is 11.7 Å². The van der Waals surface area contributed by atoms with Crippen molar-refractivity contribution in [3.8, 4) is 17.2 Å². The standard InChI is InChI=1S/C17H16Cl3NO4/c1-23-14-5-4-9(16(24-2)17(14)25-3)6-15(22)21-13-8-11(19)10(18)7-12(13)20/h4-5,7-8H,6H2,1-3H3,(H,21,22). The van der Waals surface area contributed by atoms with Gasteiger partial charge in [-0.1, -0.05) is 40.9 Å². The molecule has 0 atom stereocenters. The molecule has 0 aliphatic heterocycles. The second-order valence-electron chi connectivity index (χ2n) is 4.96. The van der Waals surface area contributed by atoms with E-state index < -0.39 is 0 Å². The van der Waals surface area contributed by atoms with Crippen LogP contribution in [0.15, 0.2) is 24.3 Å². The number of halogens is 3. The number of benzene rings is 2. The summed E-state index contributed by atoms with van der Waals surface area (Å²) in [6, 6.07) is 6.40. The van der Waals surface area contributed by atoms with Gasteiger partial charge in [0.15, 0.2) is 11.5 Å². The Morgan fingerprint density at radius 1 is 0.920 bits per heavy atom. The highest BCUT2D eigenvalue weighted by molar-refractivity contribution is 6.44. The topological polar surface area (TPSA) is 56.8 Å². The van der Waals surface area contributed by atoms with Crippen molar-refractivity contribution in [2.45, 2.75) is 6.42 Å². The summed E-state index contributed by atoms with van der Waals surface area (Å²) >= 11 is 17.9. The largest absolute Gasteiger partial charge is 0.493 e. The molecule has 0 fully saturated rings. The van der Waals surface area contributed by atoms with E-state index in [4.69, 9.17) is 49.0 Å². The molecule has 0 unspecified atom stereocenters. The monoisotopic (exact) mass is 403 g/mol. The third-order valence-electron chi connectivity index (χ3n) is 3.42. The molecule has 2 aromatic carbocycles. The Bertz CT molecular complexity index is 796. The predicted octanol–water partition coefficient (Wildman–Crippen LogP) is 4.85. The minimum atomic E-state index is -0.300. The van der Waals surface area contributed by atoms with Crippen molar-refractivity contribution in [1.82, 2.24) is 0 Å². The summed E-state index contributed by atoms with van der Waals surface area (Å²) in [6.07, 6.45) is 0.0418. The molecule has 0 heterocycles. The Morgan fingerprint density at radius 3 is 2.16 bits per heavy atom. The van der Waals surface area contributed by atoms with Gasteiger partial charge in [0.25, 0.3) is 0 Å². The first-order valence-corrected chi connectivity index (χ1v) is 8.26. The first kappa shape index (κ1) is 19.5. The van der Waals surface area contributed by atoms with Crippen molar-refractivity contribution in [1.29, 1.82) is 0 Å². The molecule has 0 radical (unpaired) electrons. The number of nitrogens with one attached hydrogen (secondary N) is 1. The van der Waals surface area contributed by atoms with Crippen LogP contribution in [0.3, 0.4) is 0 Å². The fraction of sp³-hybridized carbons (Fsp3) is 0.235. The lowest BCUT2D eigenvalue weighted by Gasteiger charge is -2.16. The first-order chi connectivity index (χ1) is 11.9. The highest BCUT2D eigenvalue weighted by atomic mass is 35.5. The van der Waals surface area contributed by atoms with Crippen LogP contribution < -0.4 is 19.5 Å². The second-order valence-corrected chi connectivity index (χ2v) is 6.19. The number of ether oxygens (including phenoxy) is 3. The van der Waals surface area contributed by atoms with Gasteiger partial charge < -0.3 is 19.5 Å². The summed E-state index contributed by atoms with van der Waals surface area (Å²) in [4.78, 5) is 12.4. The lowest BCUT2D eigenvalue weighted by molar-refractivity contribution is -0.115. The predicted molar refractivity (Wildman–Crippen MR) is 99.9 cm³/mol. The van der Waals surface area contributed by atoms with Crippen molar-refractivity contribution >= 4 is 46.4 Å². The van der Waals surface area contributed by atoms with Crippen molar-refractivity contribution < 1.29 is 19.0 Å². The number of amides is 1. The average Bonchev–Trinajstić information content (AvgIpc) is 2.58. The van der Waals surface area contributed by atoms with Gasteiger partial charge in [-0.25, -0.2) is 0 Å². The molecule has 0 saturated carbocycles. The van der Waals surface area contributed by atoms with E-state index in [2.05, 4.69) is 5.32 Å². The van der Waals surface area contributed by atoms with Gasteiger partial charge in [-0.3, -0.25) is 4.79 Å². The van der Waals surface area contributed by atoms with Crippen LogP contribution in [0.5, 0.6) is 17.2 Å². The Kier molecular flexibility index (Phi) is 6.64. The number of carbonyl (C=O) groups is 1. The van der Waals surface area contributed by atoms with E-state index in [0.717, 1.165) is 0 Å². The van der Waals surface area contributed by atoms with Gasteiger partial charge in [0.1, 0.15) is 0 Å². The fourth-order valence-corrected chi connectivity index (χ4v) is 2.88. The van der Waals surface area contributed by atoms with Gasteiger partial charge in [-0.05, 0) is 18.2 Å². The molecule has 1 N–H and O–H groups in total. The van der Waals surface area contributed by atoms with Crippen LogP contribution in [0.25, 0.3) is 0 Å². The van der Waals surface area contributed by atoms with Crippen molar-refractivity contribution in [3.05, 3.63) is 44.9 Å². The van der Waals surface area contributed by atoms with Crippen LogP contribution >= 0.6 is 34.8 Å². The molecule has 2 aromatic rings. The molecular weight excluding hydrogens is 389 g/mol. The summed E-state index contributed by atoms with van der Waals surface area (Å²) in [5.74, 6) is 1.06. The molecule has 0 aliphatic rings. The zero-order chi connectivity index (χ0) is 18.6. The number of anilines is 1. The van der Waals surface area contributed by atoms with Crippen molar-refractivity contribution in [3.63, 3.8) is 0 Å². The minimum absolute atomic E-state index is 0.0418. The van der Waals surface area contributed by atoms with Crippen molar-refractivity contribution in [2.24, 2.45) is 0 Å². The number of carbonyl (C=O) groups excluding carboxylic acids is 1. The number of hydrogen-bond donors (Lipinski definition) is 1. The molecule has 0 saturated heterocycles. The molecule has 134 valence electrons. The zero-order valence-corrected chi connectivity index (χ0v) is 16.1. The van der Waals surface area contributed by atoms with E-state index in [-0.39, 0.29) is 12.3 Å². The lowest BCUT2D eigenvalue weighted by Crippen LogP contribution is -2.15. The van der Waals surface area contributed by atoms with Crippen molar-refractivity contribution in [2.75, 3.05) is 26.6 Å². The van der Waals surface area contributed by atoms with Crippen LogP contribution in [0.1, 0.15) is 5.56 Å². The van der Waals surface area contributed by atoms with Crippen LogP contribution in [-0.4, -0.2) is 27.2 Å². The Labute approximate surface area is 160 Å². The third kappa shape index (κ3) is 4.42. The lowest BCUT2D eigenvalue weighted by atomic mass is 10.1. The van der Waals surface area contributed by atoms with E-state index in [1.165, 1.54) is 33.5 Å². The Balaban J connectivity index is 2.25. The van der Waals surface area contributed by atoms with Gasteiger partial charge in [-0.2, -0.15) is 0 Å². The van der Waals surface area contributed by atoms with Gasteiger partial charge in [-0.15, -0.1) is 0 Å². The Hall–Kier alpha value is -1.82. The van der Waals surface area contributed by atoms with E-state index in [9.17, 15) is 4.79 Å². The third-order valence-corrected chi connectivity index (χ3v) is 4.46. The highest BCUT2D eigenvalue weighted by Gasteiger charge is 2.18. The molecule has 25 heavy (non-hydrogen) atoms. The number of methoxy groups -OCH3 is 3. The van der Waals surface area contributed by atoms with Crippen LogP contribution in [0, 0.1) is 0 Å². The number of hydrogen-bond acceptors (Lipinski definition) is 4.